The van der Waals surface area contributed by atoms with Crippen molar-refractivity contribution >= 4 is 44.4 Å². The van der Waals surface area contributed by atoms with Crippen molar-refractivity contribution in [3.63, 3.8) is 0 Å². The lowest BCUT2D eigenvalue weighted by Crippen LogP contribution is -2.07. The summed E-state index contributed by atoms with van der Waals surface area (Å²) < 4.78 is 1.31. The molecule has 0 saturated carbocycles. The molecule has 20 heavy (non-hydrogen) atoms. The van der Waals surface area contributed by atoms with Gasteiger partial charge in [0.1, 0.15) is 5.38 Å². The summed E-state index contributed by atoms with van der Waals surface area (Å²) in [4.78, 5) is 3.86. The van der Waals surface area contributed by atoms with Gasteiger partial charge in [-0.25, -0.2) is 0 Å². The van der Waals surface area contributed by atoms with Crippen LogP contribution in [0.15, 0.2) is 42.5 Å². The molecule has 0 N–H and O–H groups in total. The molecule has 0 aliphatic rings. The molecule has 0 aliphatic carbocycles. The normalized spacial score (nSPS) is 13.8. The van der Waals surface area contributed by atoms with Gasteiger partial charge in [-0.2, -0.15) is 0 Å². The van der Waals surface area contributed by atoms with Gasteiger partial charge in [-0.3, -0.25) is 0 Å². The summed E-state index contributed by atoms with van der Waals surface area (Å²) in [5.74, 6) is 0. The van der Waals surface area contributed by atoms with E-state index in [0.29, 0.717) is 0 Å². The average molecular weight is 321 g/mol. The predicted molar refractivity (Wildman–Crippen MR) is 92.5 cm³/mol. The van der Waals surface area contributed by atoms with Crippen LogP contribution in [0.25, 0.3) is 10.1 Å². The van der Waals surface area contributed by atoms with Gasteiger partial charge >= 0.3 is 0 Å². The van der Waals surface area contributed by atoms with Gasteiger partial charge in [0.25, 0.3) is 0 Å². The molecule has 3 aromatic rings. The fourth-order valence-corrected chi connectivity index (χ4v) is 4.76. The minimum absolute atomic E-state index is 0.0338. The molecule has 2 aromatic heterocycles. The van der Waals surface area contributed by atoms with Crippen molar-refractivity contribution in [2.75, 3.05) is 0 Å². The standard InChI is InChI=1S/C17H17ClS2/c1-17(2,3)15-9-8-13(20-15)16(18)14-10-11-6-4-5-7-12(11)19-14/h4-10,16H,1-3H3. The van der Waals surface area contributed by atoms with Crippen LogP contribution in [0.4, 0.5) is 0 Å². The SMILES string of the molecule is CC(C)(C)c1ccc(C(Cl)c2cc3ccccc3s2)s1. The summed E-state index contributed by atoms with van der Waals surface area (Å²) in [5, 5.41) is 1.25. The van der Waals surface area contributed by atoms with E-state index < -0.39 is 0 Å². The molecule has 0 aliphatic heterocycles. The number of hydrogen-bond donors (Lipinski definition) is 0. The van der Waals surface area contributed by atoms with Gasteiger partial charge in [0.05, 0.1) is 0 Å². The largest absolute Gasteiger partial charge is 0.143 e. The van der Waals surface area contributed by atoms with Crippen molar-refractivity contribution in [3.05, 3.63) is 57.1 Å². The van der Waals surface area contributed by atoms with E-state index in [-0.39, 0.29) is 10.8 Å². The first-order chi connectivity index (χ1) is 9.45. The van der Waals surface area contributed by atoms with Crippen molar-refractivity contribution < 1.29 is 0 Å². The van der Waals surface area contributed by atoms with Crippen LogP contribution in [0.5, 0.6) is 0 Å². The summed E-state index contributed by atoms with van der Waals surface area (Å²) in [6.45, 7) is 6.72. The quantitative estimate of drug-likeness (QED) is 0.467. The van der Waals surface area contributed by atoms with E-state index in [1.54, 1.807) is 11.3 Å². The van der Waals surface area contributed by atoms with Gasteiger partial charge in [0.2, 0.25) is 0 Å². The lowest BCUT2D eigenvalue weighted by atomic mass is 9.95. The Bertz CT molecular complexity index is 698. The number of alkyl halides is 1. The Labute approximate surface area is 133 Å². The third-order valence-corrected chi connectivity index (χ3v) is 6.80. The molecule has 0 bridgehead atoms. The molecule has 1 atom stereocenters. The Kier molecular flexibility index (Phi) is 3.65. The van der Waals surface area contributed by atoms with Crippen LogP contribution in [0.1, 0.15) is 40.8 Å². The maximum absolute atomic E-state index is 6.69. The number of hydrogen-bond acceptors (Lipinski definition) is 2. The lowest BCUT2D eigenvalue weighted by Gasteiger charge is -2.15. The molecule has 0 fully saturated rings. The van der Waals surface area contributed by atoms with Crippen molar-refractivity contribution in [2.45, 2.75) is 31.6 Å². The van der Waals surface area contributed by atoms with E-state index in [9.17, 15) is 0 Å². The van der Waals surface area contributed by atoms with Gasteiger partial charge in [-0.1, -0.05) is 39.0 Å². The monoisotopic (exact) mass is 320 g/mol. The molecular weight excluding hydrogens is 304 g/mol. The highest BCUT2D eigenvalue weighted by atomic mass is 35.5. The van der Waals surface area contributed by atoms with Gasteiger partial charge in [-0.05, 0) is 35.1 Å². The van der Waals surface area contributed by atoms with Crippen LogP contribution in [0.3, 0.4) is 0 Å². The smallest absolute Gasteiger partial charge is 0.102 e. The first kappa shape index (κ1) is 14.1. The Morgan fingerprint density at radius 1 is 0.950 bits per heavy atom. The van der Waals surface area contributed by atoms with Crippen molar-refractivity contribution in [1.82, 2.24) is 0 Å². The topological polar surface area (TPSA) is 0 Å². The van der Waals surface area contributed by atoms with E-state index in [4.69, 9.17) is 11.6 Å². The highest BCUT2D eigenvalue weighted by Gasteiger charge is 2.20. The zero-order valence-corrected chi connectivity index (χ0v) is 14.2. The zero-order chi connectivity index (χ0) is 14.3. The van der Waals surface area contributed by atoms with Crippen LogP contribution >= 0.6 is 34.3 Å². The summed E-state index contributed by atoms with van der Waals surface area (Å²) >= 11 is 10.3. The Hall–Kier alpha value is -0.830. The fraction of sp³-hybridized carbons (Fsp3) is 0.294. The number of thiophene rings is 2. The van der Waals surface area contributed by atoms with E-state index in [0.717, 1.165) is 0 Å². The van der Waals surface area contributed by atoms with E-state index in [1.165, 1.54) is 24.7 Å². The second-order valence-electron chi connectivity index (χ2n) is 6.00. The van der Waals surface area contributed by atoms with Crippen LogP contribution in [-0.4, -0.2) is 0 Å². The molecule has 2 heterocycles. The fourth-order valence-electron chi connectivity index (χ4n) is 2.16. The second-order valence-corrected chi connectivity index (χ2v) is 8.67. The highest BCUT2D eigenvalue weighted by molar-refractivity contribution is 7.19. The maximum atomic E-state index is 6.69. The number of benzene rings is 1. The maximum Gasteiger partial charge on any atom is 0.102 e. The Morgan fingerprint density at radius 2 is 1.70 bits per heavy atom. The molecule has 0 spiro atoms. The summed E-state index contributed by atoms with van der Waals surface area (Å²) in [5.41, 5.74) is 0.194. The first-order valence-electron chi connectivity index (χ1n) is 6.68. The Balaban J connectivity index is 1.95. The second kappa shape index (κ2) is 5.18. The third kappa shape index (κ3) is 2.65. The van der Waals surface area contributed by atoms with Crippen LogP contribution in [0.2, 0.25) is 0 Å². The van der Waals surface area contributed by atoms with E-state index in [2.05, 4.69) is 63.2 Å². The highest BCUT2D eigenvalue weighted by Crippen LogP contribution is 2.41. The van der Waals surface area contributed by atoms with Gasteiger partial charge in [-0.15, -0.1) is 34.3 Å². The van der Waals surface area contributed by atoms with Gasteiger partial charge in [0, 0.05) is 19.3 Å². The van der Waals surface area contributed by atoms with Gasteiger partial charge in [0.15, 0.2) is 0 Å². The minimum Gasteiger partial charge on any atom is -0.143 e. The molecule has 0 radical (unpaired) electrons. The van der Waals surface area contributed by atoms with Crippen LogP contribution < -0.4 is 0 Å². The van der Waals surface area contributed by atoms with E-state index >= 15 is 0 Å². The molecule has 0 saturated heterocycles. The minimum atomic E-state index is -0.0338. The molecule has 104 valence electrons. The Morgan fingerprint density at radius 3 is 2.35 bits per heavy atom. The van der Waals surface area contributed by atoms with Crippen molar-refractivity contribution in [2.24, 2.45) is 0 Å². The predicted octanol–water partition coefficient (Wildman–Crippen LogP) is 6.59. The zero-order valence-electron chi connectivity index (χ0n) is 11.8. The molecule has 1 aromatic carbocycles. The van der Waals surface area contributed by atoms with Crippen molar-refractivity contribution in [1.29, 1.82) is 0 Å². The summed E-state index contributed by atoms with van der Waals surface area (Å²) in [6.07, 6.45) is 0. The summed E-state index contributed by atoms with van der Waals surface area (Å²) in [6, 6.07) is 15.1. The molecule has 1 unspecified atom stereocenters. The molecule has 3 rings (SSSR count). The molecule has 0 amide bonds. The van der Waals surface area contributed by atoms with Crippen LogP contribution in [0, 0.1) is 0 Å². The number of halogens is 1. The molecular formula is C17H17ClS2. The molecule has 0 nitrogen and oxygen atoms in total. The van der Waals surface area contributed by atoms with E-state index in [1.807, 2.05) is 11.3 Å². The van der Waals surface area contributed by atoms with Gasteiger partial charge < -0.3 is 0 Å². The lowest BCUT2D eigenvalue weighted by molar-refractivity contribution is 0.604. The summed E-state index contributed by atoms with van der Waals surface area (Å²) in [7, 11) is 0. The molecule has 3 heteroatoms. The third-order valence-electron chi connectivity index (χ3n) is 3.31. The van der Waals surface area contributed by atoms with Crippen molar-refractivity contribution in [3.8, 4) is 0 Å². The first-order valence-corrected chi connectivity index (χ1v) is 8.75. The average Bonchev–Trinajstić information content (AvgIpc) is 3.04. The number of fused-ring (bicyclic) bond motifs is 1. The number of rotatable bonds is 2. The van der Waals surface area contributed by atoms with Crippen LogP contribution in [-0.2, 0) is 5.41 Å².